The molecular formula is C19H21N3O3S2. The summed E-state index contributed by atoms with van der Waals surface area (Å²) in [6.07, 6.45) is -0.644. The summed E-state index contributed by atoms with van der Waals surface area (Å²) in [5.74, 6) is 1.95. The summed E-state index contributed by atoms with van der Waals surface area (Å²) in [5, 5.41) is 21.6. The van der Waals surface area contributed by atoms with E-state index in [1.54, 1.807) is 35.6 Å². The predicted octanol–water partition coefficient (Wildman–Crippen LogP) is 3.76. The molecule has 0 aliphatic heterocycles. The fourth-order valence-corrected chi connectivity index (χ4v) is 4.09. The Balaban J connectivity index is 1.53. The topological polar surface area (TPSA) is 77.2 Å². The van der Waals surface area contributed by atoms with E-state index in [2.05, 4.69) is 17.1 Å². The summed E-state index contributed by atoms with van der Waals surface area (Å²) in [6, 6.07) is 10.9. The number of aromatic nitrogens is 3. The number of benzene rings is 1. The van der Waals surface area contributed by atoms with Gasteiger partial charge in [-0.3, -0.25) is 4.79 Å². The first-order chi connectivity index (χ1) is 13.1. The predicted molar refractivity (Wildman–Crippen MR) is 108 cm³/mol. The molecule has 0 aliphatic rings. The fourth-order valence-electron chi connectivity index (χ4n) is 2.47. The zero-order chi connectivity index (χ0) is 19.2. The fraction of sp³-hybridized carbons (Fsp3) is 0.316. The molecule has 0 fully saturated rings. The van der Waals surface area contributed by atoms with Gasteiger partial charge in [0, 0.05) is 17.9 Å². The molecule has 0 amide bonds. The van der Waals surface area contributed by atoms with Crippen LogP contribution in [0.3, 0.4) is 0 Å². The summed E-state index contributed by atoms with van der Waals surface area (Å²) in [6.45, 7) is 4.51. The van der Waals surface area contributed by atoms with Crippen molar-refractivity contribution in [2.45, 2.75) is 31.7 Å². The maximum absolute atomic E-state index is 11.3. The molecule has 2 heterocycles. The van der Waals surface area contributed by atoms with E-state index in [4.69, 9.17) is 4.74 Å². The van der Waals surface area contributed by atoms with Crippen LogP contribution in [0.25, 0.3) is 10.7 Å². The highest BCUT2D eigenvalue weighted by molar-refractivity contribution is 7.99. The van der Waals surface area contributed by atoms with Gasteiger partial charge in [0.05, 0.1) is 11.0 Å². The standard InChI is InChI=1S/C19H21N3O3S2/c1-3-22-18(17-5-4-10-26-17)20-21-19(22)27-12-15(24)11-25-16-8-6-14(7-9-16)13(2)23/h4-10,15,24H,3,11-12H2,1-2H3/t15-/m1/s1. The largest absolute Gasteiger partial charge is 0.491 e. The van der Waals surface area contributed by atoms with Gasteiger partial charge >= 0.3 is 0 Å². The van der Waals surface area contributed by atoms with Crippen LogP contribution in [0.1, 0.15) is 24.2 Å². The van der Waals surface area contributed by atoms with E-state index in [9.17, 15) is 9.90 Å². The first-order valence-corrected chi connectivity index (χ1v) is 10.5. The monoisotopic (exact) mass is 403 g/mol. The Morgan fingerprint density at radius 1 is 1.30 bits per heavy atom. The molecule has 3 rings (SSSR count). The van der Waals surface area contributed by atoms with Crippen LogP contribution in [-0.2, 0) is 6.54 Å². The van der Waals surface area contributed by atoms with Gasteiger partial charge in [0.1, 0.15) is 12.4 Å². The van der Waals surface area contributed by atoms with Crippen LogP contribution < -0.4 is 4.74 Å². The minimum Gasteiger partial charge on any atom is -0.491 e. The van der Waals surface area contributed by atoms with E-state index in [1.165, 1.54) is 18.7 Å². The van der Waals surface area contributed by atoms with Crippen LogP contribution in [0.15, 0.2) is 46.9 Å². The minimum atomic E-state index is -0.644. The molecule has 0 bridgehead atoms. The van der Waals surface area contributed by atoms with Gasteiger partial charge < -0.3 is 14.4 Å². The summed E-state index contributed by atoms with van der Waals surface area (Å²) in [5.41, 5.74) is 0.638. The minimum absolute atomic E-state index is 0.0138. The second-order valence-corrected chi connectivity index (χ2v) is 7.82. The quantitative estimate of drug-likeness (QED) is 0.433. The molecule has 1 aromatic carbocycles. The van der Waals surface area contributed by atoms with Crippen molar-refractivity contribution in [1.82, 2.24) is 14.8 Å². The number of carbonyl (C=O) groups excluding carboxylic acids is 1. The number of nitrogens with zero attached hydrogens (tertiary/aromatic N) is 3. The van der Waals surface area contributed by atoms with Gasteiger partial charge in [0.15, 0.2) is 16.8 Å². The molecule has 2 aromatic heterocycles. The average molecular weight is 404 g/mol. The highest BCUT2D eigenvalue weighted by atomic mass is 32.2. The number of hydrogen-bond donors (Lipinski definition) is 1. The highest BCUT2D eigenvalue weighted by Crippen LogP contribution is 2.27. The number of Topliss-reactive ketones (excluding diaryl/α,β-unsaturated/α-hetero) is 1. The summed E-state index contributed by atoms with van der Waals surface area (Å²) >= 11 is 3.09. The normalized spacial score (nSPS) is 12.1. The number of ketones is 1. The lowest BCUT2D eigenvalue weighted by molar-refractivity contribution is 0.101. The Bertz CT molecular complexity index is 876. The van der Waals surface area contributed by atoms with E-state index in [0.717, 1.165) is 22.4 Å². The number of thioether (sulfide) groups is 1. The zero-order valence-electron chi connectivity index (χ0n) is 15.2. The molecule has 8 heteroatoms. The van der Waals surface area contributed by atoms with Crippen LogP contribution >= 0.6 is 23.1 Å². The molecule has 27 heavy (non-hydrogen) atoms. The third kappa shape index (κ3) is 4.97. The Morgan fingerprint density at radius 2 is 2.07 bits per heavy atom. The summed E-state index contributed by atoms with van der Waals surface area (Å²) in [4.78, 5) is 12.4. The van der Waals surface area contributed by atoms with E-state index in [0.29, 0.717) is 17.1 Å². The smallest absolute Gasteiger partial charge is 0.191 e. The molecule has 0 spiro atoms. The molecule has 1 N–H and O–H groups in total. The van der Waals surface area contributed by atoms with Gasteiger partial charge in [-0.25, -0.2) is 0 Å². The van der Waals surface area contributed by atoms with Crippen molar-refractivity contribution in [3.05, 3.63) is 47.3 Å². The molecule has 0 saturated heterocycles. The first kappa shape index (κ1) is 19.6. The SMILES string of the molecule is CCn1c(SC[C@H](O)COc2ccc(C(C)=O)cc2)nnc1-c1cccs1. The van der Waals surface area contributed by atoms with Crippen molar-refractivity contribution >= 4 is 28.9 Å². The van der Waals surface area contributed by atoms with Crippen LogP contribution in [0.4, 0.5) is 0 Å². The number of hydrogen-bond acceptors (Lipinski definition) is 7. The number of ether oxygens (including phenoxy) is 1. The zero-order valence-corrected chi connectivity index (χ0v) is 16.8. The van der Waals surface area contributed by atoms with E-state index < -0.39 is 6.10 Å². The summed E-state index contributed by atoms with van der Waals surface area (Å²) < 4.78 is 7.64. The molecular weight excluding hydrogens is 382 g/mol. The van der Waals surface area contributed by atoms with Gasteiger partial charge in [-0.05, 0) is 49.6 Å². The van der Waals surface area contributed by atoms with E-state index in [-0.39, 0.29) is 12.4 Å². The van der Waals surface area contributed by atoms with Gasteiger partial charge in [-0.15, -0.1) is 21.5 Å². The summed E-state index contributed by atoms with van der Waals surface area (Å²) in [7, 11) is 0. The maximum atomic E-state index is 11.3. The second kappa shape index (κ2) is 9.16. The molecule has 142 valence electrons. The first-order valence-electron chi connectivity index (χ1n) is 8.60. The van der Waals surface area contributed by atoms with Crippen molar-refractivity contribution in [2.24, 2.45) is 0 Å². The second-order valence-electron chi connectivity index (χ2n) is 5.88. The van der Waals surface area contributed by atoms with Crippen molar-refractivity contribution in [3.63, 3.8) is 0 Å². The van der Waals surface area contributed by atoms with Crippen molar-refractivity contribution in [1.29, 1.82) is 0 Å². The van der Waals surface area contributed by atoms with Crippen LogP contribution in [0.5, 0.6) is 5.75 Å². The molecule has 0 unspecified atom stereocenters. The molecule has 6 nitrogen and oxygen atoms in total. The van der Waals surface area contributed by atoms with Gasteiger partial charge in [0.2, 0.25) is 0 Å². The number of aliphatic hydroxyl groups is 1. The maximum Gasteiger partial charge on any atom is 0.191 e. The molecule has 1 atom stereocenters. The Kier molecular flexibility index (Phi) is 6.65. The number of aliphatic hydroxyl groups excluding tert-OH is 1. The molecule has 0 aliphatic carbocycles. The van der Waals surface area contributed by atoms with E-state index >= 15 is 0 Å². The highest BCUT2D eigenvalue weighted by Gasteiger charge is 2.15. The van der Waals surface area contributed by atoms with Crippen molar-refractivity contribution < 1.29 is 14.6 Å². The van der Waals surface area contributed by atoms with Crippen LogP contribution in [0.2, 0.25) is 0 Å². The molecule has 3 aromatic rings. The lowest BCUT2D eigenvalue weighted by Crippen LogP contribution is -2.20. The third-order valence-electron chi connectivity index (χ3n) is 3.88. The van der Waals surface area contributed by atoms with Gasteiger partial charge in [0.25, 0.3) is 0 Å². The van der Waals surface area contributed by atoms with Gasteiger partial charge in [-0.2, -0.15) is 0 Å². The number of carbonyl (C=O) groups is 1. The number of thiophene rings is 1. The Morgan fingerprint density at radius 3 is 2.70 bits per heavy atom. The third-order valence-corrected chi connectivity index (χ3v) is 5.86. The van der Waals surface area contributed by atoms with Crippen molar-refractivity contribution in [3.8, 4) is 16.5 Å². The van der Waals surface area contributed by atoms with Crippen LogP contribution in [0, 0.1) is 0 Å². The molecule has 0 radical (unpaired) electrons. The lowest BCUT2D eigenvalue weighted by atomic mass is 10.1. The average Bonchev–Trinajstić information content (AvgIpc) is 3.33. The lowest BCUT2D eigenvalue weighted by Gasteiger charge is -2.12. The van der Waals surface area contributed by atoms with Crippen molar-refractivity contribution in [2.75, 3.05) is 12.4 Å². The van der Waals surface area contributed by atoms with Gasteiger partial charge in [-0.1, -0.05) is 17.8 Å². The Labute approximate surface area is 166 Å². The number of rotatable bonds is 9. The van der Waals surface area contributed by atoms with Crippen LogP contribution in [-0.4, -0.2) is 44.1 Å². The van der Waals surface area contributed by atoms with E-state index in [1.807, 2.05) is 22.1 Å². The molecule has 0 saturated carbocycles. The Hall–Kier alpha value is -2.16.